The Morgan fingerprint density at radius 3 is 0.971 bits per heavy atom. The Bertz CT molecular complexity index is 3110. The third-order valence-electron chi connectivity index (χ3n) is 14.1. The minimum absolute atomic E-state index is 0.00107. The lowest BCUT2D eigenvalue weighted by Gasteiger charge is -2.45. The van der Waals surface area contributed by atoms with Crippen molar-refractivity contribution >= 4 is 32.9 Å². The van der Waals surface area contributed by atoms with E-state index in [0.717, 1.165) is 34.0 Å². The second kappa shape index (κ2) is 19.5. The van der Waals surface area contributed by atoms with Gasteiger partial charge in [-0.1, -0.05) is 234 Å². The van der Waals surface area contributed by atoms with E-state index in [1.165, 1.54) is 54.9 Å². The first-order chi connectivity index (χ1) is 34.4. The molecule has 0 spiro atoms. The first-order valence-corrected chi connectivity index (χ1v) is 24.7. The Morgan fingerprint density at radius 1 is 0.314 bits per heavy atom. The maximum Gasteiger partial charge on any atom is 0.199 e. The largest absolute Gasteiger partial charge is 0.466 e. The van der Waals surface area contributed by atoms with E-state index in [0.29, 0.717) is 11.8 Å². The number of rotatable bonds is 8. The van der Waals surface area contributed by atoms with Crippen LogP contribution in [0.3, 0.4) is 0 Å². The molecule has 0 amide bonds. The van der Waals surface area contributed by atoms with Crippen molar-refractivity contribution in [1.29, 1.82) is 0 Å². The van der Waals surface area contributed by atoms with Crippen LogP contribution in [0.15, 0.2) is 243 Å². The van der Waals surface area contributed by atoms with Gasteiger partial charge < -0.3 is 19.3 Å². The van der Waals surface area contributed by atoms with Gasteiger partial charge >= 0.3 is 0 Å². The second-order valence-corrected chi connectivity index (χ2v) is 19.1. The van der Waals surface area contributed by atoms with Gasteiger partial charge in [0.15, 0.2) is 12.5 Å². The van der Waals surface area contributed by atoms with Crippen molar-refractivity contribution in [2.45, 2.75) is 64.1 Å². The Morgan fingerprint density at radius 2 is 0.629 bits per heavy atom. The maximum absolute atomic E-state index is 6.85. The number of nitrogens with zero attached hydrogens (tertiary/aromatic N) is 2. The van der Waals surface area contributed by atoms with Gasteiger partial charge in [-0.2, -0.15) is 0 Å². The smallest absolute Gasteiger partial charge is 0.199 e. The van der Waals surface area contributed by atoms with E-state index in [4.69, 9.17) is 9.47 Å². The van der Waals surface area contributed by atoms with Gasteiger partial charge in [-0.3, -0.25) is 0 Å². The van der Waals surface area contributed by atoms with Gasteiger partial charge in [-0.15, -0.1) is 0 Å². The number of ether oxygens (including phenoxy) is 2. The van der Waals surface area contributed by atoms with Crippen molar-refractivity contribution in [3.63, 3.8) is 0 Å². The molecule has 0 bridgehead atoms. The first-order valence-electron chi connectivity index (χ1n) is 24.7. The first kappa shape index (κ1) is 44.4. The van der Waals surface area contributed by atoms with Crippen molar-refractivity contribution < 1.29 is 9.47 Å². The molecule has 2 heterocycles. The van der Waals surface area contributed by atoms with Crippen LogP contribution in [0.25, 0.3) is 21.5 Å². The summed E-state index contributed by atoms with van der Waals surface area (Å²) in [6, 6.07) is 86.7. The molecule has 2 aliphatic heterocycles. The molecule has 0 unspecified atom stereocenters. The average molecular weight is 911 g/mol. The minimum atomic E-state index is -0.250. The van der Waals surface area contributed by atoms with Crippen LogP contribution in [0.2, 0.25) is 0 Å². The minimum Gasteiger partial charge on any atom is -0.466 e. The summed E-state index contributed by atoms with van der Waals surface area (Å²) < 4.78 is 13.7. The van der Waals surface area contributed by atoms with Gasteiger partial charge in [-0.05, 0) is 92.0 Å². The lowest BCUT2D eigenvalue weighted by Crippen LogP contribution is -2.40. The van der Waals surface area contributed by atoms with Crippen molar-refractivity contribution in [2.75, 3.05) is 9.80 Å². The molecule has 4 nitrogen and oxygen atoms in total. The Balaban J connectivity index is 0.000000152. The fraction of sp³-hybridized carbons (Fsp3) is 0.152. The van der Waals surface area contributed by atoms with E-state index in [2.05, 4.69) is 280 Å². The van der Waals surface area contributed by atoms with Crippen molar-refractivity contribution in [1.82, 2.24) is 0 Å². The molecule has 0 saturated carbocycles. The highest BCUT2D eigenvalue weighted by molar-refractivity contribution is 5.91. The summed E-state index contributed by atoms with van der Waals surface area (Å²) in [5.74, 6) is 2.87. The number of benzene rings is 10. The molecule has 12 rings (SSSR count). The van der Waals surface area contributed by atoms with Gasteiger partial charge in [0.05, 0.1) is 12.1 Å². The van der Waals surface area contributed by atoms with Gasteiger partial charge in [0.1, 0.15) is 11.5 Å². The monoisotopic (exact) mass is 910 g/mol. The van der Waals surface area contributed by atoms with E-state index in [9.17, 15) is 0 Å². The lowest BCUT2D eigenvalue weighted by atomic mass is 9.89. The molecule has 70 heavy (non-hydrogen) atoms. The summed E-state index contributed by atoms with van der Waals surface area (Å²) >= 11 is 0. The van der Waals surface area contributed by atoms with Gasteiger partial charge in [-0.25, -0.2) is 0 Å². The highest BCUT2D eigenvalue weighted by Gasteiger charge is 2.40. The van der Waals surface area contributed by atoms with Crippen LogP contribution in [-0.4, -0.2) is 0 Å². The van der Waals surface area contributed by atoms with Crippen molar-refractivity contribution in [3.05, 3.63) is 287 Å². The second-order valence-electron chi connectivity index (χ2n) is 19.1. The molecule has 0 radical (unpaired) electrons. The summed E-state index contributed by atoms with van der Waals surface area (Å²) in [4.78, 5) is 4.90. The van der Waals surface area contributed by atoms with Crippen LogP contribution < -0.4 is 19.3 Å². The van der Waals surface area contributed by atoms with Gasteiger partial charge in [0.2, 0.25) is 0 Å². The molecular weight excluding hydrogens is 853 g/mol. The molecular formula is C66H58N2O2. The van der Waals surface area contributed by atoms with E-state index >= 15 is 0 Å². The maximum atomic E-state index is 6.85. The number of fused-ring (bicyclic) bond motifs is 6. The highest BCUT2D eigenvalue weighted by atomic mass is 16.5. The standard InChI is InChI=1S/2C33H29NO/c2*1-23(2)24-17-20-28(21-18-24)34-32(26-12-5-3-6-13-26)31-29-16-10-9-11-25(29)19-22-30(31)35-33(34)27-14-7-4-8-15-27/h2*3-23,32-33H,1-2H3/t2*32-,33+/m11/s1. The van der Waals surface area contributed by atoms with E-state index in [1.54, 1.807) is 0 Å². The molecule has 0 saturated heterocycles. The zero-order chi connectivity index (χ0) is 47.6. The number of hydrogen-bond acceptors (Lipinski definition) is 4. The normalized spacial score (nSPS) is 17.3. The highest BCUT2D eigenvalue weighted by Crippen LogP contribution is 2.52. The molecule has 4 heteroatoms. The average Bonchev–Trinajstić information content (AvgIpc) is 3.43. The predicted octanol–water partition coefficient (Wildman–Crippen LogP) is 17.3. The Kier molecular flexibility index (Phi) is 12.4. The number of anilines is 2. The Labute approximate surface area is 413 Å². The zero-order valence-corrected chi connectivity index (χ0v) is 40.3. The zero-order valence-electron chi connectivity index (χ0n) is 40.3. The molecule has 4 atom stereocenters. The SMILES string of the molecule is CC(C)c1ccc(N2[C@H](c3ccccc3)c3c(ccc4ccccc34)O[C@H]2c2ccccc2)cc1.CC(C)c1ccc(N2[C@H](c3ccccc3)c3c(ccc4ccccc34)O[C@H]2c2ccccc2)cc1. The molecule has 2 aliphatic rings. The van der Waals surface area contributed by atoms with Crippen LogP contribution >= 0.6 is 0 Å². The van der Waals surface area contributed by atoms with E-state index in [1.807, 2.05) is 0 Å². The summed E-state index contributed by atoms with van der Waals surface area (Å²) in [6.45, 7) is 8.95. The van der Waals surface area contributed by atoms with Crippen LogP contribution in [0, 0.1) is 0 Å². The van der Waals surface area contributed by atoms with Crippen molar-refractivity contribution in [2.24, 2.45) is 0 Å². The Hall–Kier alpha value is -8.08. The molecule has 0 N–H and O–H groups in total. The third kappa shape index (κ3) is 8.56. The van der Waals surface area contributed by atoms with Crippen LogP contribution in [-0.2, 0) is 0 Å². The summed E-state index contributed by atoms with van der Waals surface area (Å²) in [7, 11) is 0. The van der Waals surface area contributed by atoms with E-state index < -0.39 is 0 Å². The van der Waals surface area contributed by atoms with Gasteiger partial charge in [0.25, 0.3) is 0 Å². The molecule has 0 aliphatic carbocycles. The molecule has 344 valence electrons. The summed E-state index contributed by atoms with van der Waals surface area (Å²) in [5.41, 5.74) is 12.2. The quantitative estimate of drug-likeness (QED) is 0.152. The molecule has 0 fully saturated rings. The van der Waals surface area contributed by atoms with Gasteiger partial charge in [0, 0.05) is 33.6 Å². The van der Waals surface area contributed by atoms with Crippen molar-refractivity contribution in [3.8, 4) is 11.5 Å². The molecule has 10 aromatic carbocycles. The fourth-order valence-corrected chi connectivity index (χ4v) is 10.5. The summed E-state index contributed by atoms with van der Waals surface area (Å²) in [5, 5.41) is 4.91. The molecule has 10 aromatic rings. The van der Waals surface area contributed by atoms with Crippen LogP contribution in [0.1, 0.15) is 109 Å². The molecule has 0 aromatic heterocycles. The van der Waals surface area contributed by atoms with E-state index in [-0.39, 0.29) is 24.5 Å². The summed E-state index contributed by atoms with van der Waals surface area (Å²) in [6.07, 6.45) is -0.500. The van der Waals surface area contributed by atoms with Crippen LogP contribution in [0.5, 0.6) is 11.5 Å². The predicted molar refractivity (Wildman–Crippen MR) is 290 cm³/mol. The third-order valence-corrected chi connectivity index (χ3v) is 14.1. The fourth-order valence-electron chi connectivity index (χ4n) is 10.5. The topological polar surface area (TPSA) is 24.9 Å². The number of hydrogen-bond donors (Lipinski definition) is 0. The van der Waals surface area contributed by atoms with Crippen LogP contribution in [0.4, 0.5) is 11.4 Å². The lowest BCUT2D eigenvalue weighted by molar-refractivity contribution is 0.170.